The number of hydrogen-bond acceptors (Lipinski definition) is 3. The van der Waals surface area contributed by atoms with Gasteiger partial charge in [0.05, 0.1) is 0 Å². The zero-order valence-electron chi connectivity index (χ0n) is 8.59. The number of rotatable bonds is 2. The molecule has 0 radical (unpaired) electrons. The fraction of sp³-hybridized carbons (Fsp3) is 0. The summed E-state index contributed by atoms with van der Waals surface area (Å²) in [6, 6.07) is 0. The van der Waals surface area contributed by atoms with Gasteiger partial charge in [0, 0.05) is 12.4 Å². The Morgan fingerprint density at radius 1 is 0.750 bits per heavy atom. The molecule has 0 saturated heterocycles. The molecule has 0 atom stereocenters. The topological polar surface area (TPSA) is 41.1 Å². The first kappa shape index (κ1) is 10.7. The summed E-state index contributed by atoms with van der Waals surface area (Å²) in [5, 5.41) is 7.30. The van der Waals surface area contributed by atoms with Crippen LogP contribution in [-0.4, -0.2) is 4.21 Å². The summed E-state index contributed by atoms with van der Waals surface area (Å²) in [4.78, 5) is 0. The molecule has 0 aromatic rings. The Labute approximate surface area is 97.1 Å². The third-order valence-corrected chi connectivity index (χ3v) is 3.29. The van der Waals surface area contributed by atoms with Crippen LogP contribution in [0.5, 0.6) is 0 Å². The molecule has 0 fully saturated rings. The van der Waals surface area contributed by atoms with E-state index in [-0.39, 0.29) is 0 Å². The maximum absolute atomic E-state index is 12.2. The van der Waals surface area contributed by atoms with Gasteiger partial charge in [0.1, 0.15) is 20.9 Å². The van der Waals surface area contributed by atoms with E-state index in [1.807, 2.05) is 36.5 Å². The molecule has 4 heteroatoms. The van der Waals surface area contributed by atoms with Crippen molar-refractivity contribution in [1.29, 1.82) is 0 Å². The van der Waals surface area contributed by atoms with Gasteiger partial charge in [0.2, 0.25) is 0 Å². The Bertz CT molecular complexity index is 425. The normalized spacial score (nSPS) is 18.3. The van der Waals surface area contributed by atoms with Gasteiger partial charge >= 0.3 is 0 Å². The van der Waals surface area contributed by atoms with Gasteiger partial charge in [0.15, 0.2) is 0 Å². The van der Waals surface area contributed by atoms with Gasteiger partial charge in [-0.3, -0.25) is 0 Å². The van der Waals surface area contributed by atoms with Gasteiger partial charge in [-0.2, -0.15) is 0 Å². The lowest BCUT2D eigenvalue weighted by Crippen LogP contribution is -2.17. The van der Waals surface area contributed by atoms with Crippen LogP contribution in [0.2, 0.25) is 0 Å². The van der Waals surface area contributed by atoms with Crippen molar-refractivity contribution in [2.24, 2.45) is 0 Å². The number of hydrogen-bond donors (Lipinski definition) is 2. The minimum Gasteiger partial charge on any atom is -0.354 e. The Kier molecular flexibility index (Phi) is 3.56. The van der Waals surface area contributed by atoms with Crippen molar-refractivity contribution in [3.8, 4) is 0 Å². The largest absolute Gasteiger partial charge is 0.354 e. The van der Waals surface area contributed by atoms with E-state index in [0.29, 0.717) is 10.1 Å². The fourth-order valence-electron chi connectivity index (χ4n) is 1.23. The predicted octanol–water partition coefficient (Wildman–Crippen LogP) is 1.76. The monoisotopic (exact) mass is 232 g/mol. The average Bonchev–Trinajstić information content (AvgIpc) is 2.73. The molecule has 0 spiro atoms. The summed E-state index contributed by atoms with van der Waals surface area (Å²) in [6.07, 6.45) is 18.3. The lowest BCUT2D eigenvalue weighted by atomic mass is 10.5. The van der Waals surface area contributed by atoms with Crippen LogP contribution in [0, 0.1) is 0 Å². The van der Waals surface area contributed by atoms with Gasteiger partial charge in [-0.05, 0) is 24.3 Å². The van der Waals surface area contributed by atoms with E-state index in [2.05, 4.69) is 10.6 Å². The summed E-state index contributed by atoms with van der Waals surface area (Å²) in [5.41, 5.74) is 0. The first-order valence-electron chi connectivity index (χ1n) is 4.90. The Morgan fingerprint density at radius 2 is 1.25 bits per heavy atom. The van der Waals surface area contributed by atoms with E-state index in [9.17, 15) is 4.21 Å². The Hall–Kier alpha value is -1.81. The van der Waals surface area contributed by atoms with Crippen LogP contribution in [0.3, 0.4) is 0 Å². The summed E-state index contributed by atoms with van der Waals surface area (Å²) < 4.78 is 12.2. The van der Waals surface area contributed by atoms with E-state index in [0.717, 1.165) is 0 Å². The maximum Gasteiger partial charge on any atom is 0.118 e. The quantitative estimate of drug-likeness (QED) is 0.762. The smallest absolute Gasteiger partial charge is 0.118 e. The highest BCUT2D eigenvalue weighted by Gasteiger charge is 2.11. The van der Waals surface area contributed by atoms with Crippen molar-refractivity contribution in [3.05, 3.63) is 71.1 Å². The molecule has 0 aromatic carbocycles. The maximum atomic E-state index is 12.2. The van der Waals surface area contributed by atoms with Gasteiger partial charge in [0.25, 0.3) is 0 Å². The Morgan fingerprint density at radius 3 is 1.75 bits per heavy atom. The first-order valence-corrected chi connectivity index (χ1v) is 6.05. The molecule has 0 bridgehead atoms. The summed E-state index contributed by atoms with van der Waals surface area (Å²) in [6.45, 7) is 0. The average molecular weight is 232 g/mol. The van der Waals surface area contributed by atoms with Crippen molar-refractivity contribution in [3.63, 3.8) is 0 Å². The minimum atomic E-state index is -1.22. The molecule has 0 unspecified atom stereocenters. The van der Waals surface area contributed by atoms with Crippen molar-refractivity contribution in [2.75, 3.05) is 0 Å². The summed E-state index contributed by atoms with van der Waals surface area (Å²) in [5.74, 6) is 0. The van der Waals surface area contributed by atoms with Crippen LogP contribution < -0.4 is 10.6 Å². The van der Waals surface area contributed by atoms with Crippen LogP contribution >= 0.6 is 0 Å². The molecule has 0 amide bonds. The molecule has 82 valence electrons. The third kappa shape index (κ3) is 2.61. The molecule has 2 rings (SSSR count). The highest BCUT2D eigenvalue weighted by atomic mass is 32.2. The molecular weight excluding hydrogens is 220 g/mol. The van der Waals surface area contributed by atoms with E-state index < -0.39 is 10.8 Å². The summed E-state index contributed by atoms with van der Waals surface area (Å²) in [7, 11) is -1.22. The zero-order chi connectivity index (χ0) is 11.2. The molecule has 2 aliphatic heterocycles. The number of allylic oxidation sites excluding steroid dienone is 8. The van der Waals surface area contributed by atoms with Gasteiger partial charge < -0.3 is 10.6 Å². The lowest BCUT2D eigenvalue weighted by molar-refractivity contribution is 0.687. The standard InChI is InChI=1S/C12H12N2OS/c15-16(11-7-3-1-5-9-13-11)12-8-4-2-6-10-14-12/h1-10,13-14H. The highest BCUT2D eigenvalue weighted by molar-refractivity contribution is 7.92. The van der Waals surface area contributed by atoms with E-state index in [1.165, 1.54) is 0 Å². The van der Waals surface area contributed by atoms with Crippen molar-refractivity contribution >= 4 is 10.8 Å². The molecular formula is C12H12N2OS. The highest BCUT2D eigenvalue weighted by Crippen LogP contribution is 2.10. The third-order valence-electron chi connectivity index (χ3n) is 1.98. The molecule has 16 heavy (non-hydrogen) atoms. The zero-order valence-corrected chi connectivity index (χ0v) is 9.41. The van der Waals surface area contributed by atoms with E-state index in [1.54, 1.807) is 24.6 Å². The van der Waals surface area contributed by atoms with Gasteiger partial charge in [-0.25, -0.2) is 4.21 Å². The molecule has 0 saturated carbocycles. The minimum absolute atomic E-state index is 0.660. The van der Waals surface area contributed by atoms with Crippen LogP contribution in [-0.2, 0) is 10.8 Å². The van der Waals surface area contributed by atoms with Gasteiger partial charge in [-0.15, -0.1) is 0 Å². The van der Waals surface area contributed by atoms with Crippen molar-refractivity contribution in [1.82, 2.24) is 10.6 Å². The fourth-order valence-corrected chi connectivity index (χ4v) is 2.22. The van der Waals surface area contributed by atoms with Crippen molar-refractivity contribution in [2.45, 2.75) is 0 Å². The molecule has 0 aliphatic carbocycles. The molecule has 2 aliphatic rings. The SMILES string of the molecule is O=S(C1=CC=CC=CN1)C1=CC=CC=CN1. The van der Waals surface area contributed by atoms with Crippen LogP contribution in [0.1, 0.15) is 0 Å². The van der Waals surface area contributed by atoms with E-state index >= 15 is 0 Å². The second-order valence-corrected chi connectivity index (χ2v) is 4.52. The van der Waals surface area contributed by atoms with Crippen molar-refractivity contribution < 1.29 is 4.21 Å². The lowest BCUT2D eigenvalue weighted by Gasteiger charge is -2.08. The molecule has 0 aromatic heterocycles. The van der Waals surface area contributed by atoms with Gasteiger partial charge in [-0.1, -0.05) is 24.3 Å². The molecule has 3 nitrogen and oxygen atoms in total. The Balaban J connectivity index is 2.19. The second-order valence-electron chi connectivity index (χ2n) is 3.11. The van der Waals surface area contributed by atoms with Crippen LogP contribution in [0.4, 0.5) is 0 Å². The number of nitrogens with one attached hydrogen (secondary N) is 2. The predicted molar refractivity (Wildman–Crippen MR) is 67.1 cm³/mol. The summed E-state index contributed by atoms with van der Waals surface area (Å²) >= 11 is 0. The van der Waals surface area contributed by atoms with Crippen LogP contribution in [0.25, 0.3) is 0 Å². The second kappa shape index (κ2) is 5.32. The molecule has 2 N–H and O–H groups in total. The first-order chi connectivity index (χ1) is 7.88. The molecule has 2 heterocycles. The van der Waals surface area contributed by atoms with E-state index in [4.69, 9.17) is 0 Å². The van der Waals surface area contributed by atoms with Crippen LogP contribution in [0.15, 0.2) is 71.1 Å².